The van der Waals surface area contributed by atoms with Crippen LogP contribution in [0.3, 0.4) is 0 Å². The average molecular weight is 382 g/mol. The van der Waals surface area contributed by atoms with Gasteiger partial charge in [0.25, 0.3) is 5.91 Å². The molecule has 0 saturated carbocycles. The maximum absolute atomic E-state index is 13.1. The third-order valence-corrected chi connectivity index (χ3v) is 5.47. The molecule has 0 aromatic heterocycles. The Labute approximate surface area is 170 Å². The Hall–Kier alpha value is -3.58. The molecule has 0 aliphatic carbocycles. The third kappa shape index (κ3) is 4.00. The number of nitrogens with zero attached hydrogens (tertiary/aromatic N) is 1. The fraction of sp³-hybridized carbons (Fsp3) is 0.200. The zero-order valence-electron chi connectivity index (χ0n) is 16.1. The Kier molecular flexibility index (Phi) is 5.31. The molecular weight excluding hydrogens is 360 g/mol. The Morgan fingerprint density at radius 1 is 0.966 bits per heavy atom. The van der Waals surface area contributed by atoms with Gasteiger partial charge >= 0.3 is 0 Å². The van der Waals surface area contributed by atoms with Crippen molar-refractivity contribution in [2.75, 3.05) is 18.4 Å². The zero-order valence-corrected chi connectivity index (χ0v) is 16.1. The highest BCUT2D eigenvalue weighted by Gasteiger charge is 2.28. The van der Waals surface area contributed by atoms with E-state index in [4.69, 9.17) is 6.42 Å². The summed E-state index contributed by atoms with van der Waals surface area (Å²) in [5.74, 6) is 2.47. The lowest BCUT2D eigenvalue weighted by molar-refractivity contribution is -0.121. The van der Waals surface area contributed by atoms with Crippen LogP contribution >= 0.6 is 0 Å². The monoisotopic (exact) mass is 382 g/mol. The number of carbonyl (C=O) groups excluding carboxylic acids is 2. The van der Waals surface area contributed by atoms with Crippen LogP contribution in [-0.4, -0.2) is 29.8 Å². The van der Waals surface area contributed by atoms with Crippen LogP contribution in [-0.2, 0) is 4.79 Å². The lowest BCUT2D eigenvalue weighted by atomic mass is 9.94. The molecule has 4 rings (SSSR count). The topological polar surface area (TPSA) is 49.4 Å². The standard InChI is InChI=1S/C25H22N2O2/c1-2-18-7-5-10-21(17-18)26-24(28)20-13-15-27(16-14-20)25(29)23-12-6-9-19-8-3-4-11-22(19)23/h1,3-12,17,20H,13-16H2,(H,26,28). The number of anilines is 1. The number of carbonyl (C=O) groups is 2. The second-order valence-corrected chi connectivity index (χ2v) is 7.31. The summed E-state index contributed by atoms with van der Waals surface area (Å²) in [5, 5.41) is 4.97. The van der Waals surface area contributed by atoms with Gasteiger partial charge in [0.2, 0.25) is 5.91 Å². The van der Waals surface area contributed by atoms with E-state index in [1.165, 1.54) is 0 Å². The molecule has 1 fully saturated rings. The summed E-state index contributed by atoms with van der Waals surface area (Å²) >= 11 is 0. The van der Waals surface area contributed by atoms with Crippen molar-refractivity contribution in [3.05, 3.63) is 77.9 Å². The van der Waals surface area contributed by atoms with E-state index >= 15 is 0 Å². The van der Waals surface area contributed by atoms with E-state index in [0.29, 0.717) is 31.6 Å². The number of benzene rings is 3. The van der Waals surface area contributed by atoms with Crippen molar-refractivity contribution in [2.45, 2.75) is 12.8 Å². The van der Waals surface area contributed by atoms with Crippen LogP contribution in [0.5, 0.6) is 0 Å². The number of hydrogen-bond acceptors (Lipinski definition) is 2. The first-order chi connectivity index (χ1) is 14.2. The number of likely N-dealkylation sites (tertiary alicyclic amines) is 1. The summed E-state index contributed by atoms with van der Waals surface area (Å²) in [5.41, 5.74) is 2.16. The van der Waals surface area contributed by atoms with Crippen LogP contribution < -0.4 is 5.32 Å². The largest absolute Gasteiger partial charge is 0.339 e. The minimum Gasteiger partial charge on any atom is -0.339 e. The first-order valence-electron chi connectivity index (χ1n) is 9.80. The molecule has 0 atom stereocenters. The Balaban J connectivity index is 1.40. The molecule has 4 heteroatoms. The van der Waals surface area contributed by atoms with Gasteiger partial charge in [-0.15, -0.1) is 6.42 Å². The van der Waals surface area contributed by atoms with E-state index in [0.717, 1.165) is 21.9 Å². The van der Waals surface area contributed by atoms with E-state index in [-0.39, 0.29) is 17.7 Å². The molecule has 1 aliphatic rings. The van der Waals surface area contributed by atoms with Crippen molar-refractivity contribution >= 4 is 28.3 Å². The quantitative estimate of drug-likeness (QED) is 0.686. The number of amides is 2. The molecule has 0 radical (unpaired) electrons. The van der Waals surface area contributed by atoms with Crippen LogP contribution in [0.2, 0.25) is 0 Å². The van der Waals surface area contributed by atoms with E-state index in [1.807, 2.05) is 65.6 Å². The fourth-order valence-electron chi connectivity index (χ4n) is 3.86. The number of piperidine rings is 1. The van der Waals surface area contributed by atoms with Crippen molar-refractivity contribution in [1.29, 1.82) is 0 Å². The lowest BCUT2D eigenvalue weighted by Crippen LogP contribution is -2.41. The highest BCUT2D eigenvalue weighted by molar-refractivity contribution is 6.07. The normalized spacial score (nSPS) is 14.4. The van der Waals surface area contributed by atoms with E-state index in [2.05, 4.69) is 11.2 Å². The van der Waals surface area contributed by atoms with Gasteiger partial charge in [0, 0.05) is 35.8 Å². The van der Waals surface area contributed by atoms with Crippen LogP contribution in [0.25, 0.3) is 10.8 Å². The van der Waals surface area contributed by atoms with E-state index in [9.17, 15) is 9.59 Å². The third-order valence-electron chi connectivity index (χ3n) is 5.47. The first-order valence-corrected chi connectivity index (χ1v) is 9.80. The molecule has 0 bridgehead atoms. The van der Waals surface area contributed by atoms with Crippen molar-refractivity contribution in [2.24, 2.45) is 5.92 Å². The van der Waals surface area contributed by atoms with Crippen molar-refractivity contribution in [3.63, 3.8) is 0 Å². The molecule has 1 saturated heterocycles. The van der Waals surface area contributed by atoms with Gasteiger partial charge in [-0.2, -0.15) is 0 Å². The predicted molar refractivity (Wildman–Crippen MR) is 116 cm³/mol. The molecule has 0 unspecified atom stereocenters. The maximum atomic E-state index is 13.1. The molecule has 1 N–H and O–H groups in total. The van der Waals surface area contributed by atoms with Gasteiger partial charge in [-0.1, -0.05) is 48.4 Å². The summed E-state index contributed by atoms with van der Waals surface area (Å²) in [4.78, 5) is 27.5. The summed E-state index contributed by atoms with van der Waals surface area (Å²) in [7, 11) is 0. The molecule has 2 amide bonds. The van der Waals surface area contributed by atoms with Gasteiger partial charge in [-0.05, 0) is 47.9 Å². The average Bonchev–Trinajstić information content (AvgIpc) is 2.78. The van der Waals surface area contributed by atoms with Crippen LogP contribution in [0.4, 0.5) is 5.69 Å². The number of terminal acetylenes is 1. The number of hydrogen-bond donors (Lipinski definition) is 1. The van der Waals surface area contributed by atoms with Crippen molar-refractivity contribution in [1.82, 2.24) is 4.90 Å². The second kappa shape index (κ2) is 8.20. The summed E-state index contributed by atoms with van der Waals surface area (Å²) < 4.78 is 0. The van der Waals surface area contributed by atoms with Crippen LogP contribution in [0.15, 0.2) is 66.7 Å². The molecule has 4 nitrogen and oxygen atoms in total. The fourth-order valence-corrected chi connectivity index (χ4v) is 3.86. The summed E-state index contributed by atoms with van der Waals surface area (Å²) in [6, 6.07) is 21.0. The lowest BCUT2D eigenvalue weighted by Gasteiger charge is -2.31. The van der Waals surface area contributed by atoms with E-state index < -0.39 is 0 Å². The molecule has 144 valence electrons. The molecule has 29 heavy (non-hydrogen) atoms. The molecular formula is C25H22N2O2. The summed E-state index contributed by atoms with van der Waals surface area (Å²) in [6.07, 6.45) is 6.72. The Morgan fingerprint density at radius 3 is 2.48 bits per heavy atom. The molecule has 3 aromatic carbocycles. The van der Waals surface area contributed by atoms with Gasteiger partial charge in [0.15, 0.2) is 0 Å². The van der Waals surface area contributed by atoms with Crippen LogP contribution in [0.1, 0.15) is 28.8 Å². The van der Waals surface area contributed by atoms with Gasteiger partial charge in [0.1, 0.15) is 0 Å². The number of nitrogens with one attached hydrogen (secondary N) is 1. The SMILES string of the molecule is C#Cc1cccc(NC(=O)C2CCN(C(=O)c3cccc4ccccc34)CC2)c1. The highest BCUT2D eigenvalue weighted by atomic mass is 16.2. The van der Waals surface area contributed by atoms with Gasteiger partial charge in [-0.25, -0.2) is 0 Å². The molecule has 0 spiro atoms. The van der Waals surface area contributed by atoms with Crippen LogP contribution in [0, 0.1) is 18.3 Å². The number of fused-ring (bicyclic) bond motifs is 1. The second-order valence-electron chi connectivity index (χ2n) is 7.31. The highest BCUT2D eigenvalue weighted by Crippen LogP contribution is 2.24. The van der Waals surface area contributed by atoms with Crippen molar-refractivity contribution < 1.29 is 9.59 Å². The van der Waals surface area contributed by atoms with Gasteiger partial charge < -0.3 is 10.2 Å². The minimum absolute atomic E-state index is 0.0172. The summed E-state index contributed by atoms with van der Waals surface area (Å²) in [6.45, 7) is 1.15. The first kappa shape index (κ1) is 18.8. The van der Waals surface area contributed by atoms with Gasteiger partial charge in [0.05, 0.1) is 0 Å². The minimum atomic E-state index is -0.110. The molecule has 3 aromatic rings. The van der Waals surface area contributed by atoms with E-state index in [1.54, 1.807) is 6.07 Å². The van der Waals surface area contributed by atoms with Crippen molar-refractivity contribution in [3.8, 4) is 12.3 Å². The smallest absolute Gasteiger partial charge is 0.254 e. The Morgan fingerprint density at radius 2 is 1.69 bits per heavy atom. The predicted octanol–water partition coefficient (Wildman–Crippen LogP) is 4.31. The molecule has 1 heterocycles. The Bertz CT molecular complexity index is 1100. The maximum Gasteiger partial charge on any atom is 0.254 e. The van der Waals surface area contributed by atoms with Gasteiger partial charge in [-0.3, -0.25) is 9.59 Å². The number of rotatable bonds is 3. The molecule has 1 aliphatic heterocycles. The zero-order chi connectivity index (χ0) is 20.2.